The van der Waals surface area contributed by atoms with E-state index in [1.807, 2.05) is 0 Å². The van der Waals surface area contributed by atoms with Crippen LogP contribution < -0.4 is 0 Å². The average molecular weight is 1600 g/mol. The van der Waals surface area contributed by atoms with Crippen molar-refractivity contribution in [1.29, 1.82) is 0 Å². The third-order valence-corrected chi connectivity index (χ3v) is 22.7. The molecule has 0 saturated carbocycles. The molecule has 24 rings (SSSR count). The van der Waals surface area contributed by atoms with Crippen LogP contribution in [0.15, 0.2) is 58.3 Å². The highest BCUT2D eigenvalue weighted by Crippen LogP contribution is 2.42. The summed E-state index contributed by atoms with van der Waals surface area (Å²) in [4.78, 5) is 12.5. The maximum absolute atomic E-state index is 14.6. The van der Waals surface area contributed by atoms with Crippen molar-refractivity contribution in [2.24, 2.45) is 0 Å². The molecule has 45 nitrogen and oxygen atoms in total. The largest absolute Gasteiger partial charge is 0.394 e. The van der Waals surface area contributed by atoms with E-state index in [-0.39, 0.29) is 0 Å². The minimum Gasteiger partial charge on any atom is -0.394 e. The van der Waals surface area contributed by atoms with Gasteiger partial charge in [-0.2, -0.15) is 16.8 Å². The van der Waals surface area contributed by atoms with Crippen LogP contribution in [-0.2, 0) is 104 Å². The van der Waals surface area contributed by atoms with Gasteiger partial charge in [-0.3, -0.25) is 13.2 Å². The number of ether oxygens (including phenoxy) is 16. The summed E-state index contributed by atoms with van der Waals surface area (Å²) in [7, 11) is -10.8. The van der Waals surface area contributed by atoms with Gasteiger partial charge in [0.05, 0.1) is 62.6 Å². The van der Waals surface area contributed by atoms with Gasteiger partial charge in [0.15, 0.2) is 68.3 Å². The molecular formula is C61H86O45S2. The van der Waals surface area contributed by atoms with Crippen LogP contribution in [-0.4, -0.2) is 433 Å². The van der Waals surface area contributed by atoms with Gasteiger partial charge in [-0.25, -0.2) is 0 Å². The van der Waals surface area contributed by atoms with Crippen LogP contribution in [0.4, 0.5) is 0 Å². The molecular weight excluding hydrogens is 1520 g/mol. The zero-order chi connectivity index (χ0) is 78.0. The summed E-state index contributed by atoms with van der Waals surface area (Å²) in [6, 6.07) is 7.71. The molecule has 21 fully saturated rings. The van der Waals surface area contributed by atoms with Gasteiger partial charge in [-0.05, 0) is 24.3 Å². The van der Waals surface area contributed by atoms with Crippen LogP contribution in [0.5, 0.6) is 0 Å². The summed E-state index contributed by atoms with van der Waals surface area (Å²) in [5.74, 6) is -1.05. The van der Waals surface area contributed by atoms with Crippen LogP contribution in [0.1, 0.15) is 15.9 Å². The Bertz CT molecular complexity index is 3520. The lowest BCUT2D eigenvalue weighted by molar-refractivity contribution is -0.403. The van der Waals surface area contributed by atoms with E-state index in [0.717, 1.165) is 48.5 Å². The number of rotatable bonds is 8. The molecule has 0 radical (unpaired) electrons. The van der Waals surface area contributed by atoms with Crippen LogP contribution in [0.2, 0.25) is 0 Å². The van der Waals surface area contributed by atoms with Gasteiger partial charge in [-0.1, -0.05) is 24.3 Å². The highest BCUT2D eigenvalue weighted by atomic mass is 32.2. The molecule has 21 saturated heterocycles. The van der Waals surface area contributed by atoms with Crippen molar-refractivity contribution in [3.8, 4) is 0 Å². The number of hydrogen-bond donors (Lipinski definition) is 22. The number of carbonyl (C=O) groups excluding carboxylic acids is 1. The minimum atomic E-state index is -5.42. The zero-order valence-electron chi connectivity index (χ0n) is 55.9. The summed E-state index contributed by atoms with van der Waals surface area (Å²) < 4.78 is 163. The van der Waals surface area contributed by atoms with Gasteiger partial charge >= 0.3 is 0 Å². The van der Waals surface area contributed by atoms with Gasteiger partial charge in [0.1, 0.15) is 183 Å². The lowest BCUT2D eigenvalue weighted by atomic mass is 9.94. The van der Waals surface area contributed by atoms with E-state index in [1.54, 1.807) is 0 Å². The molecule has 22 N–H and O–H groups in total. The second kappa shape index (κ2) is 34.5. The fourth-order valence-electron chi connectivity index (χ4n) is 14.2. The highest BCUT2D eigenvalue weighted by Gasteiger charge is 2.62. The fourth-order valence-corrected chi connectivity index (χ4v) is 16.5. The first kappa shape index (κ1) is 83.8. The van der Waals surface area contributed by atoms with Crippen molar-refractivity contribution >= 4 is 26.0 Å². The maximum atomic E-state index is 14.6. The van der Waals surface area contributed by atoms with E-state index in [2.05, 4.69) is 0 Å². The number of carbonyl (C=O) groups is 1. The van der Waals surface area contributed by atoms with E-state index in [9.17, 15) is 134 Å². The monoisotopic (exact) mass is 1600 g/mol. The lowest BCUT2D eigenvalue weighted by Crippen LogP contribution is -2.69. The fraction of sp³-hybridized carbons (Fsp3) is 0.787. The molecule has 0 aromatic heterocycles. The molecule has 22 bridgehead atoms. The van der Waals surface area contributed by atoms with E-state index in [4.69, 9.17) is 84.2 Å². The molecule has 2 aromatic rings. The number of aliphatic hydroxyl groups is 22. The molecule has 40 atom stereocenters. The average Bonchev–Trinajstić information content (AvgIpc) is 0.961. The van der Waals surface area contributed by atoms with Crippen molar-refractivity contribution in [1.82, 2.24) is 0 Å². The molecule has 22 heterocycles. The van der Waals surface area contributed by atoms with Gasteiger partial charge in [0.2, 0.25) is 0 Å². The zero-order valence-corrected chi connectivity index (χ0v) is 57.5. The predicted molar refractivity (Wildman–Crippen MR) is 329 cm³/mol. The Balaban J connectivity index is 0.900. The Morgan fingerprint density at radius 2 is 0.426 bits per heavy atom. The normalized spacial score (nSPS) is 49.0. The second-order valence-electron chi connectivity index (χ2n) is 26.9. The Hall–Kier alpha value is -3.59. The molecule has 0 unspecified atom stereocenters. The maximum Gasteiger partial charge on any atom is 0.297 e. The van der Waals surface area contributed by atoms with E-state index >= 15 is 0 Å². The first-order valence-electron chi connectivity index (χ1n) is 33.8. The van der Waals surface area contributed by atoms with Gasteiger partial charge in [0, 0.05) is 11.1 Å². The second-order valence-corrected chi connectivity index (χ2v) is 30.0. The number of benzene rings is 2. The molecule has 2 aromatic carbocycles. The highest BCUT2D eigenvalue weighted by molar-refractivity contribution is 7.87. The number of ketones is 1. The minimum absolute atomic E-state index is 0.444. The molecule has 0 amide bonds. The molecule has 0 aliphatic carbocycles. The molecule has 22 aliphatic heterocycles. The Kier molecular flexibility index (Phi) is 26.7. The SMILES string of the molecule is O=C1c2cccc(c2)S(=O)(=O)O[C@H]2[C@H]3O[C@H]4[C@@H](O)[C@@H](OS(=O)(=O)c5cccc1c5)[C@@H](O[C@H]1[C@H](O)[C@@H](O)[C@@H](O[C@H]5[C@H](O)[C@H](O)[C@@H](O[C@H]6[C@H](O)[C@@H](O)[C@@H](O[C@H]7[C@H](O)[C@@H](O)[C@@H](O[C@H]8[C@H](O)[C@H](O)[C@@H](O[C@H]9[C@H](O)[C@H](O)[C@@H](O[C@@H]([C@@H]2O)[C@@H](CO)O3)O[C@@H]9CO)O[C@@H]8CO)O[C@@H]7CO)O[C@@H]6CO)O[C@@H]5CO)O[C@@H]1CO)O[C@H]4CO. The lowest BCUT2D eigenvalue weighted by Gasteiger charge is -2.51. The summed E-state index contributed by atoms with van der Waals surface area (Å²) in [5, 5.41) is 250. The van der Waals surface area contributed by atoms with E-state index < -0.39 is 345 Å². The molecule has 22 aliphatic rings. The summed E-state index contributed by atoms with van der Waals surface area (Å²) >= 11 is 0. The summed E-state index contributed by atoms with van der Waals surface area (Å²) in [6.07, 6.45) is -89.6. The first-order valence-corrected chi connectivity index (χ1v) is 36.7. The van der Waals surface area contributed by atoms with Crippen molar-refractivity contribution in [3.05, 3.63) is 59.7 Å². The molecule has 108 heavy (non-hydrogen) atoms. The van der Waals surface area contributed by atoms with E-state index in [1.165, 1.54) is 0 Å². The van der Waals surface area contributed by atoms with Gasteiger partial charge in [-0.15, -0.1) is 0 Å². The smallest absolute Gasteiger partial charge is 0.297 e. The topological polar surface area (TPSA) is 697 Å². The van der Waals surface area contributed by atoms with Crippen molar-refractivity contribution in [2.45, 2.75) is 255 Å². The number of hydrogen-bond acceptors (Lipinski definition) is 45. The van der Waals surface area contributed by atoms with Crippen LogP contribution in [0.3, 0.4) is 0 Å². The first-order chi connectivity index (χ1) is 51.3. The summed E-state index contributed by atoms with van der Waals surface area (Å²) in [5.41, 5.74) is -0.889. The van der Waals surface area contributed by atoms with Crippen LogP contribution >= 0.6 is 0 Å². The number of fused-ring (bicyclic) bond motifs is 4. The summed E-state index contributed by atoms with van der Waals surface area (Å²) in [6.45, 7) is -9.69. The predicted octanol–water partition coefficient (Wildman–Crippen LogP) is -15.0. The number of aliphatic hydroxyl groups excluding tert-OH is 22. The van der Waals surface area contributed by atoms with Crippen molar-refractivity contribution < 1.29 is 218 Å². The molecule has 47 heteroatoms. The standard InChI is InChI=1S/C61H86O45S2/c62-9-21-44-30(71)36(77)55(89-21)98-46-23(11-64)91-57(38(79)32(46)73)100-48-25(13-66)93-59(40(81)34(48)75)102-50-27(15-68)95-61-52(42(50)83)105-107(85,86)19-5-1-3-17(7-19)29(70)18-4-2-6-20(8-18)108(87,88)106-53-43(84)51(104-61)28(16-69)96-60(53)103-49-26(14-67)94-58(41(82)35(49)76)101-47-24(12-65)92-56(39(80)33(47)74)99-45-22(10-63)90-54(97-44)37(78)31(45)72/h1-8,21-28,30-69,71-84H,9-16H2/t21-,22-,23-,24-,25-,26-,27-,28+,30-,31-,32-,33-,34-,35-,36-,37-,38+,39+,40+,41-,42+,43-,44-,45-,46-,47-,48-,49-,50-,51-,52-,53-,54-,55-,56-,57-,58-,59-,60-,61-/m1/s1. The third-order valence-electron chi connectivity index (χ3n) is 20.1. The van der Waals surface area contributed by atoms with Gasteiger partial charge < -0.3 is 188 Å². The van der Waals surface area contributed by atoms with Gasteiger partial charge in [0.25, 0.3) is 20.2 Å². The Morgan fingerprint density at radius 1 is 0.241 bits per heavy atom. The quantitative estimate of drug-likeness (QED) is 0.109. The third kappa shape index (κ3) is 16.3. The molecule has 612 valence electrons. The van der Waals surface area contributed by atoms with Crippen LogP contribution in [0.25, 0.3) is 0 Å². The molecule has 0 spiro atoms. The Morgan fingerprint density at radius 3 is 0.630 bits per heavy atom. The van der Waals surface area contributed by atoms with Crippen LogP contribution in [0, 0.1) is 0 Å². The van der Waals surface area contributed by atoms with Crippen molar-refractivity contribution in [3.63, 3.8) is 0 Å². The Labute approximate surface area is 610 Å². The van der Waals surface area contributed by atoms with E-state index in [0.29, 0.717) is 0 Å². The van der Waals surface area contributed by atoms with Crippen molar-refractivity contribution in [2.75, 3.05) is 52.9 Å².